The maximum atomic E-state index is 12.7. The second kappa shape index (κ2) is 5.21. The minimum Gasteiger partial charge on any atom is -0.481 e. The highest BCUT2D eigenvalue weighted by atomic mass is 19.4. The lowest BCUT2D eigenvalue weighted by molar-refractivity contribution is -0.152. The second-order valence-corrected chi connectivity index (χ2v) is 4.59. The molecule has 0 saturated heterocycles. The lowest BCUT2D eigenvalue weighted by atomic mass is 9.82. The molecule has 104 valence electrons. The molecule has 0 aromatic heterocycles. The first-order chi connectivity index (χ1) is 8.88. The van der Waals surface area contributed by atoms with Crippen molar-refractivity contribution in [2.24, 2.45) is 5.92 Å². The fraction of sp³-hybridized carbons (Fsp3) is 0.462. The van der Waals surface area contributed by atoms with E-state index in [0.717, 1.165) is 6.07 Å². The van der Waals surface area contributed by atoms with Crippen LogP contribution in [0.25, 0.3) is 0 Å². The summed E-state index contributed by atoms with van der Waals surface area (Å²) in [5.74, 6) is -1.31. The van der Waals surface area contributed by atoms with Crippen molar-refractivity contribution in [3.8, 4) is 0 Å². The SMILES string of the molecule is O=C(O)C1CC(OCc2ccccc2C(F)(F)F)C1. The molecule has 19 heavy (non-hydrogen) atoms. The van der Waals surface area contributed by atoms with Crippen LogP contribution in [0.2, 0.25) is 0 Å². The standard InChI is InChI=1S/C13H13F3O3/c14-13(15,16)11-4-2-1-3-8(11)7-19-10-5-9(6-10)12(17)18/h1-4,9-10H,5-7H2,(H,17,18). The van der Waals surface area contributed by atoms with E-state index in [9.17, 15) is 18.0 Å². The van der Waals surface area contributed by atoms with Gasteiger partial charge in [-0.25, -0.2) is 0 Å². The Bertz CT molecular complexity index is 464. The lowest BCUT2D eigenvalue weighted by Crippen LogP contribution is -2.36. The van der Waals surface area contributed by atoms with Gasteiger partial charge in [-0.1, -0.05) is 18.2 Å². The van der Waals surface area contributed by atoms with Crippen LogP contribution in [-0.4, -0.2) is 17.2 Å². The van der Waals surface area contributed by atoms with Crippen LogP contribution in [0.3, 0.4) is 0 Å². The van der Waals surface area contributed by atoms with E-state index in [2.05, 4.69) is 0 Å². The Morgan fingerprint density at radius 1 is 1.32 bits per heavy atom. The minimum atomic E-state index is -4.40. The quantitative estimate of drug-likeness (QED) is 0.917. The van der Waals surface area contributed by atoms with Crippen molar-refractivity contribution in [1.82, 2.24) is 0 Å². The Kier molecular flexibility index (Phi) is 3.80. The zero-order chi connectivity index (χ0) is 14.0. The summed E-state index contributed by atoms with van der Waals surface area (Å²) in [6.45, 7) is -0.146. The van der Waals surface area contributed by atoms with Crippen molar-refractivity contribution in [3.05, 3.63) is 35.4 Å². The van der Waals surface area contributed by atoms with Crippen LogP contribution >= 0.6 is 0 Å². The molecule has 1 N–H and O–H groups in total. The molecular weight excluding hydrogens is 261 g/mol. The fourth-order valence-electron chi connectivity index (χ4n) is 2.03. The summed E-state index contributed by atoms with van der Waals surface area (Å²) in [4.78, 5) is 10.6. The Morgan fingerprint density at radius 2 is 1.95 bits per heavy atom. The summed E-state index contributed by atoms with van der Waals surface area (Å²) in [7, 11) is 0. The molecule has 0 spiro atoms. The first-order valence-electron chi connectivity index (χ1n) is 5.87. The molecule has 1 aliphatic rings. The van der Waals surface area contributed by atoms with Gasteiger partial charge in [0.1, 0.15) is 0 Å². The third kappa shape index (κ3) is 3.26. The van der Waals surface area contributed by atoms with Crippen LogP contribution in [0.15, 0.2) is 24.3 Å². The summed E-state index contributed by atoms with van der Waals surface area (Å²) < 4.78 is 43.4. The van der Waals surface area contributed by atoms with E-state index in [4.69, 9.17) is 9.84 Å². The van der Waals surface area contributed by atoms with Gasteiger partial charge >= 0.3 is 12.1 Å². The third-order valence-electron chi connectivity index (χ3n) is 3.24. The molecule has 0 unspecified atom stereocenters. The summed E-state index contributed by atoms with van der Waals surface area (Å²) in [5, 5.41) is 8.68. The first kappa shape index (κ1) is 13.9. The van der Waals surface area contributed by atoms with E-state index in [1.165, 1.54) is 18.2 Å². The average molecular weight is 274 g/mol. The van der Waals surface area contributed by atoms with Crippen molar-refractivity contribution >= 4 is 5.97 Å². The van der Waals surface area contributed by atoms with Gasteiger partial charge in [0.15, 0.2) is 0 Å². The van der Waals surface area contributed by atoms with Crippen LogP contribution < -0.4 is 0 Å². The summed E-state index contributed by atoms with van der Waals surface area (Å²) in [6, 6.07) is 5.24. The van der Waals surface area contributed by atoms with E-state index in [1.54, 1.807) is 0 Å². The van der Waals surface area contributed by atoms with Gasteiger partial charge < -0.3 is 9.84 Å². The summed E-state index contributed by atoms with van der Waals surface area (Å²) in [5.41, 5.74) is -0.627. The molecule has 0 atom stereocenters. The number of benzene rings is 1. The molecule has 1 aromatic carbocycles. The number of hydrogen-bond donors (Lipinski definition) is 1. The van der Waals surface area contributed by atoms with Crippen molar-refractivity contribution < 1.29 is 27.8 Å². The van der Waals surface area contributed by atoms with Gasteiger partial charge in [-0.15, -0.1) is 0 Å². The van der Waals surface area contributed by atoms with E-state index in [0.29, 0.717) is 12.8 Å². The Hall–Kier alpha value is -1.56. The van der Waals surface area contributed by atoms with Gasteiger partial charge in [0.05, 0.1) is 24.2 Å². The van der Waals surface area contributed by atoms with Gasteiger partial charge in [-0.3, -0.25) is 4.79 Å². The molecule has 0 heterocycles. The number of rotatable bonds is 4. The average Bonchev–Trinajstić information content (AvgIpc) is 2.25. The minimum absolute atomic E-state index is 0.0776. The predicted molar refractivity (Wildman–Crippen MR) is 60.4 cm³/mol. The molecular formula is C13H13F3O3. The van der Waals surface area contributed by atoms with Gasteiger partial charge in [-0.2, -0.15) is 13.2 Å². The normalized spacial score (nSPS) is 22.9. The van der Waals surface area contributed by atoms with Crippen LogP contribution in [0.5, 0.6) is 0 Å². The molecule has 1 fully saturated rings. The molecule has 1 aliphatic carbocycles. The number of alkyl halides is 3. The molecule has 0 bridgehead atoms. The van der Waals surface area contributed by atoms with Crippen molar-refractivity contribution in [2.45, 2.75) is 31.7 Å². The van der Waals surface area contributed by atoms with E-state index in [-0.39, 0.29) is 18.3 Å². The largest absolute Gasteiger partial charge is 0.481 e. The first-order valence-corrected chi connectivity index (χ1v) is 5.87. The van der Waals surface area contributed by atoms with Gasteiger partial charge in [0.2, 0.25) is 0 Å². The topological polar surface area (TPSA) is 46.5 Å². The molecule has 0 radical (unpaired) electrons. The predicted octanol–water partition coefficient (Wildman–Crippen LogP) is 3.09. The van der Waals surface area contributed by atoms with Crippen LogP contribution in [-0.2, 0) is 22.3 Å². The molecule has 0 aliphatic heterocycles. The van der Waals surface area contributed by atoms with Crippen molar-refractivity contribution in [3.63, 3.8) is 0 Å². The summed E-state index contributed by atoms with van der Waals surface area (Å²) >= 11 is 0. The number of carbonyl (C=O) groups is 1. The van der Waals surface area contributed by atoms with E-state index in [1.807, 2.05) is 0 Å². The molecule has 6 heteroatoms. The van der Waals surface area contributed by atoms with Crippen molar-refractivity contribution in [1.29, 1.82) is 0 Å². The molecule has 3 nitrogen and oxygen atoms in total. The highest BCUT2D eigenvalue weighted by molar-refractivity contribution is 5.71. The highest BCUT2D eigenvalue weighted by Gasteiger charge is 2.36. The molecule has 1 saturated carbocycles. The van der Waals surface area contributed by atoms with Crippen molar-refractivity contribution in [2.75, 3.05) is 0 Å². The fourth-order valence-corrected chi connectivity index (χ4v) is 2.03. The maximum absolute atomic E-state index is 12.7. The van der Waals surface area contributed by atoms with Gasteiger partial charge in [0.25, 0.3) is 0 Å². The zero-order valence-corrected chi connectivity index (χ0v) is 9.98. The number of aliphatic carboxylic acids is 1. The lowest BCUT2D eigenvalue weighted by Gasteiger charge is -2.32. The summed E-state index contributed by atoms with van der Waals surface area (Å²) in [6.07, 6.45) is -3.93. The van der Waals surface area contributed by atoms with E-state index >= 15 is 0 Å². The molecule has 1 aromatic rings. The Morgan fingerprint density at radius 3 is 2.53 bits per heavy atom. The maximum Gasteiger partial charge on any atom is 0.416 e. The van der Waals surface area contributed by atoms with E-state index < -0.39 is 23.6 Å². The van der Waals surface area contributed by atoms with Gasteiger partial charge in [-0.05, 0) is 24.5 Å². The number of ether oxygens (including phenoxy) is 1. The Balaban J connectivity index is 1.93. The smallest absolute Gasteiger partial charge is 0.416 e. The number of carboxylic acids is 1. The molecule has 2 rings (SSSR count). The number of halogens is 3. The monoisotopic (exact) mass is 274 g/mol. The van der Waals surface area contributed by atoms with Crippen LogP contribution in [0.1, 0.15) is 24.0 Å². The number of carboxylic acid groups (broad SMARTS) is 1. The van der Waals surface area contributed by atoms with Gasteiger partial charge in [0, 0.05) is 0 Å². The Labute approximate surface area is 108 Å². The third-order valence-corrected chi connectivity index (χ3v) is 3.24. The number of hydrogen-bond acceptors (Lipinski definition) is 2. The van der Waals surface area contributed by atoms with Crippen LogP contribution in [0.4, 0.5) is 13.2 Å². The molecule has 0 amide bonds. The zero-order valence-electron chi connectivity index (χ0n) is 9.98. The highest BCUT2D eigenvalue weighted by Crippen LogP contribution is 2.34. The van der Waals surface area contributed by atoms with Crippen LogP contribution in [0, 0.1) is 5.92 Å². The second-order valence-electron chi connectivity index (χ2n) is 4.59.